The van der Waals surface area contributed by atoms with Gasteiger partial charge < -0.3 is 4.90 Å². The van der Waals surface area contributed by atoms with E-state index in [4.69, 9.17) is 0 Å². The molecule has 4 fully saturated rings. The zero-order valence-electron chi connectivity index (χ0n) is 34.5. The fraction of sp³-hybridized carbons (Fsp3) is 0.220. The van der Waals surface area contributed by atoms with Gasteiger partial charge >= 0.3 is 0 Å². The number of para-hydroxylation sites is 1. The van der Waals surface area contributed by atoms with Crippen LogP contribution in [0.5, 0.6) is 0 Å². The normalized spacial score (nSPS) is 23.4. The highest BCUT2D eigenvalue weighted by molar-refractivity contribution is 6.08. The summed E-state index contributed by atoms with van der Waals surface area (Å²) in [5.74, 6) is 3.18. The summed E-state index contributed by atoms with van der Waals surface area (Å²) in [6.45, 7) is 4.84. The third-order valence-electron chi connectivity index (χ3n) is 16.0. The second-order valence-corrected chi connectivity index (χ2v) is 19.2. The molecule has 0 saturated heterocycles. The first kappa shape index (κ1) is 34.7. The summed E-state index contributed by atoms with van der Waals surface area (Å²) < 4.78 is 0. The first-order chi connectivity index (χ1) is 29.5. The molecular weight excluding hydrogens is 723 g/mol. The Bertz CT molecular complexity index is 3010. The molecule has 60 heavy (non-hydrogen) atoms. The molecule has 4 saturated carbocycles. The fourth-order valence-corrected chi connectivity index (χ4v) is 14.0. The number of anilines is 3. The molecule has 0 aromatic heterocycles. The third kappa shape index (κ3) is 4.64. The average Bonchev–Trinajstić information content (AvgIpc) is 3.71. The van der Waals surface area contributed by atoms with E-state index in [1.54, 1.807) is 11.1 Å². The highest BCUT2D eigenvalue weighted by Gasteiger charge is 2.61. The van der Waals surface area contributed by atoms with Crippen LogP contribution in [-0.2, 0) is 10.8 Å². The van der Waals surface area contributed by atoms with Crippen molar-refractivity contribution in [3.8, 4) is 44.5 Å². The summed E-state index contributed by atoms with van der Waals surface area (Å²) in [6, 6.07) is 67.3. The van der Waals surface area contributed by atoms with Crippen molar-refractivity contribution in [2.24, 2.45) is 23.7 Å². The zero-order chi connectivity index (χ0) is 39.7. The van der Waals surface area contributed by atoms with Gasteiger partial charge in [0.05, 0.1) is 11.4 Å². The maximum absolute atomic E-state index is 2.68. The molecule has 1 nitrogen and oxygen atoms in total. The lowest BCUT2D eigenvalue weighted by Crippen LogP contribution is -2.55. The summed E-state index contributed by atoms with van der Waals surface area (Å²) in [4.78, 5) is 2.67. The van der Waals surface area contributed by atoms with Crippen LogP contribution < -0.4 is 4.90 Å². The van der Waals surface area contributed by atoms with Crippen molar-refractivity contribution in [2.75, 3.05) is 4.90 Å². The number of hydrogen-bond acceptors (Lipinski definition) is 1. The maximum Gasteiger partial charge on any atom is 0.0618 e. The topological polar surface area (TPSA) is 3.24 Å². The van der Waals surface area contributed by atoms with E-state index in [2.05, 4.69) is 195 Å². The van der Waals surface area contributed by atoms with Crippen molar-refractivity contribution in [1.29, 1.82) is 0 Å². The molecule has 6 aliphatic rings. The van der Waals surface area contributed by atoms with Gasteiger partial charge in [0, 0.05) is 33.0 Å². The lowest BCUT2D eigenvalue weighted by molar-refractivity contribution is -0.0399. The summed E-state index contributed by atoms with van der Waals surface area (Å²) in [7, 11) is 0. The van der Waals surface area contributed by atoms with E-state index in [0.717, 1.165) is 11.8 Å². The fourth-order valence-electron chi connectivity index (χ4n) is 14.0. The lowest BCUT2D eigenvalue weighted by atomic mass is 9.43. The lowest BCUT2D eigenvalue weighted by Gasteiger charge is -2.61. The van der Waals surface area contributed by atoms with Crippen molar-refractivity contribution in [2.45, 2.75) is 56.8 Å². The Kier molecular flexibility index (Phi) is 7.32. The summed E-state index contributed by atoms with van der Waals surface area (Å²) in [5.41, 5.74) is 20.3. The minimum absolute atomic E-state index is 0.0671. The minimum Gasteiger partial charge on any atom is -0.309 e. The molecule has 4 bridgehead atoms. The molecule has 0 aliphatic heterocycles. The van der Waals surface area contributed by atoms with Gasteiger partial charge in [-0.1, -0.05) is 172 Å². The van der Waals surface area contributed by atoms with Gasteiger partial charge in [-0.3, -0.25) is 0 Å². The molecule has 8 aromatic carbocycles. The molecule has 0 unspecified atom stereocenters. The summed E-state index contributed by atoms with van der Waals surface area (Å²) in [6.07, 6.45) is 6.94. The average molecular weight is 772 g/mol. The van der Waals surface area contributed by atoms with Crippen molar-refractivity contribution in [3.05, 3.63) is 198 Å². The number of nitrogens with zero attached hydrogens (tertiary/aromatic N) is 1. The first-order valence-corrected chi connectivity index (χ1v) is 22.4. The molecule has 8 aromatic rings. The zero-order valence-corrected chi connectivity index (χ0v) is 34.5. The quantitative estimate of drug-likeness (QED) is 0.168. The van der Waals surface area contributed by atoms with E-state index in [-0.39, 0.29) is 10.8 Å². The molecule has 0 N–H and O–H groups in total. The van der Waals surface area contributed by atoms with E-state index >= 15 is 0 Å². The molecule has 1 heteroatoms. The Morgan fingerprint density at radius 1 is 0.433 bits per heavy atom. The van der Waals surface area contributed by atoms with Crippen molar-refractivity contribution in [1.82, 2.24) is 0 Å². The molecule has 1 spiro atoms. The van der Waals surface area contributed by atoms with Crippen LogP contribution in [0.4, 0.5) is 17.1 Å². The SMILES string of the molecule is CC1(C)c2ccccc2-c2cccc(-c3ccccc3N(c3ccc4c(c3)C3(c5ccccc5-4)C4CC5CC(C4)CC3C5)c3c(-c4ccccc4)ccc4ccccc34)c21. The van der Waals surface area contributed by atoms with Gasteiger partial charge in [-0.05, 0) is 135 Å². The van der Waals surface area contributed by atoms with E-state index in [9.17, 15) is 0 Å². The molecule has 0 radical (unpaired) electrons. The predicted molar refractivity (Wildman–Crippen MR) is 250 cm³/mol. The largest absolute Gasteiger partial charge is 0.309 e. The number of hydrogen-bond donors (Lipinski definition) is 0. The Hall–Kier alpha value is -6.18. The van der Waals surface area contributed by atoms with Crippen molar-refractivity contribution in [3.63, 3.8) is 0 Å². The summed E-state index contributed by atoms with van der Waals surface area (Å²) >= 11 is 0. The molecule has 0 heterocycles. The number of rotatable bonds is 5. The van der Waals surface area contributed by atoms with Crippen LogP contribution in [-0.4, -0.2) is 0 Å². The highest BCUT2D eigenvalue weighted by Crippen LogP contribution is 2.70. The Morgan fingerprint density at radius 3 is 1.77 bits per heavy atom. The van der Waals surface area contributed by atoms with Crippen LogP contribution in [0, 0.1) is 23.7 Å². The van der Waals surface area contributed by atoms with Crippen LogP contribution >= 0.6 is 0 Å². The van der Waals surface area contributed by atoms with Crippen LogP contribution in [0.3, 0.4) is 0 Å². The molecule has 6 aliphatic carbocycles. The Labute approximate surface area is 354 Å². The Morgan fingerprint density at radius 2 is 1.00 bits per heavy atom. The maximum atomic E-state index is 2.68. The number of fused-ring (bicyclic) bond motifs is 7. The van der Waals surface area contributed by atoms with Gasteiger partial charge in [-0.25, -0.2) is 0 Å². The van der Waals surface area contributed by atoms with Gasteiger partial charge in [-0.2, -0.15) is 0 Å². The molecule has 14 rings (SSSR count). The summed E-state index contributed by atoms with van der Waals surface area (Å²) in [5, 5.41) is 2.51. The van der Waals surface area contributed by atoms with Gasteiger partial charge in [0.15, 0.2) is 0 Å². The van der Waals surface area contributed by atoms with Gasteiger partial charge in [0.25, 0.3) is 0 Å². The van der Waals surface area contributed by atoms with E-state index in [1.165, 1.54) is 116 Å². The third-order valence-corrected chi connectivity index (χ3v) is 16.0. The monoisotopic (exact) mass is 771 g/mol. The van der Waals surface area contributed by atoms with Crippen LogP contribution in [0.15, 0.2) is 176 Å². The first-order valence-electron chi connectivity index (χ1n) is 22.4. The van der Waals surface area contributed by atoms with Gasteiger partial charge in [0.1, 0.15) is 0 Å². The van der Waals surface area contributed by atoms with Crippen LogP contribution in [0.2, 0.25) is 0 Å². The van der Waals surface area contributed by atoms with Gasteiger partial charge in [-0.15, -0.1) is 0 Å². The smallest absolute Gasteiger partial charge is 0.0618 e. The second kappa shape index (κ2) is 12.7. The van der Waals surface area contributed by atoms with E-state index in [0.29, 0.717) is 11.8 Å². The Balaban J connectivity index is 1.11. The standard InChI is InChI=1S/C59H49N/c1-58(2)52-24-11-8-20-47(52)50-22-14-23-51(56(50)58)49-21-10-13-26-55(49)60(57-44-18-7-6-17-40(44)27-29-45(57)39-15-4-3-5-16-39)43-28-30-48-46-19-9-12-25-53(46)59(54(48)36-43)41-32-37-31-38(34-41)35-42(59)33-37/h3-30,36-38,41-42H,31-35H2,1-2H3. The van der Waals surface area contributed by atoms with Gasteiger partial charge in [0.2, 0.25) is 0 Å². The molecule has 0 atom stereocenters. The van der Waals surface area contributed by atoms with Crippen molar-refractivity contribution < 1.29 is 0 Å². The molecular formula is C59H49N. The molecule has 290 valence electrons. The number of benzene rings is 8. The second-order valence-electron chi connectivity index (χ2n) is 19.2. The predicted octanol–water partition coefficient (Wildman–Crippen LogP) is 15.7. The molecule has 0 amide bonds. The van der Waals surface area contributed by atoms with E-state index < -0.39 is 0 Å². The van der Waals surface area contributed by atoms with Crippen molar-refractivity contribution >= 4 is 27.8 Å². The van der Waals surface area contributed by atoms with Crippen LogP contribution in [0.1, 0.15) is 68.2 Å². The highest BCUT2D eigenvalue weighted by atomic mass is 15.1. The van der Waals surface area contributed by atoms with Crippen LogP contribution in [0.25, 0.3) is 55.3 Å². The minimum atomic E-state index is -0.152. The van der Waals surface area contributed by atoms with E-state index in [1.807, 2.05) is 0 Å².